The first-order valence-corrected chi connectivity index (χ1v) is 6.24. The van der Waals surface area contributed by atoms with Crippen molar-refractivity contribution >= 4 is 0 Å². The molecule has 0 amide bonds. The lowest BCUT2D eigenvalue weighted by atomic mass is 9.93. The highest BCUT2D eigenvalue weighted by Crippen LogP contribution is 2.34. The third-order valence-electron chi connectivity index (χ3n) is 3.65. The van der Waals surface area contributed by atoms with Crippen molar-refractivity contribution in [2.75, 3.05) is 20.3 Å². The van der Waals surface area contributed by atoms with E-state index in [1.807, 2.05) is 6.92 Å². The van der Waals surface area contributed by atoms with Crippen molar-refractivity contribution in [2.24, 2.45) is 0 Å². The van der Waals surface area contributed by atoms with Gasteiger partial charge in [0.15, 0.2) is 0 Å². The number of ether oxygens (including phenoxy) is 2. The van der Waals surface area contributed by atoms with Crippen LogP contribution in [0, 0.1) is 0 Å². The van der Waals surface area contributed by atoms with Gasteiger partial charge in [0.25, 0.3) is 0 Å². The molecule has 102 valence electrons. The standard InChI is InChI=1S/C12H20N2O4/c1-8(9(2)15)10-13-11(14-18-10)12(16-3)4-6-17-7-5-12/h8-9,15H,4-7H2,1-3H3. The number of nitrogens with zero attached hydrogens (tertiary/aromatic N) is 2. The lowest BCUT2D eigenvalue weighted by Crippen LogP contribution is -2.36. The Morgan fingerprint density at radius 3 is 2.56 bits per heavy atom. The molecule has 1 aliphatic heterocycles. The van der Waals surface area contributed by atoms with Crippen LogP contribution in [-0.4, -0.2) is 41.7 Å². The summed E-state index contributed by atoms with van der Waals surface area (Å²) in [6.45, 7) is 4.81. The molecule has 1 aromatic heterocycles. The van der Waals surface area contributed by atoms with Crippen LogP contribution < -0.4 is 0 Å². The van der Waals surface area contributed by atoms with Crippen molar-refractivity contribution < 1.29 is 19.1 Å². The van der Waals surface area contributed by atoms with Gasteiger partial charge in [0.2, 0.25) is 11.7 Å². The monoisotopic (exact) mass is 256 g/mol. The van der Waals surface area contributed by atoms with Gasteiger partial charge in [0, 0.05) is 33.2 Å². The van der Waals surface area contributed by atoms with Crippen LogP contribution in [0.1, 0.15) is 44.3 Å². The molecule has 0 spiro atoms. The highest BCUT2D eigenvalue weighted by atomic mass is 16.5. The molecule has 2 unspecified atom stereocenters. The molecular formula is C12H20N2O4. The van der Waals surface area contributed by atoms with Crippen molar-refractivity contribution in [3.8, 4) is 0 Å². The molecule has 6 heteroatoms. The second kappa shape index (κ2) is 5.34. The summed E-state index contributed by atoms with van der Waals surface area (Å²) in [4.78, 5) is 4.38. The number of hydrogen-bond donors (Lipinski definition) is 1. The van der Waals surface area contributed by atoms with Crippen molar-refractivity contribution in [1.82, 2.24) is 10.1 Å². The van der Waals surface area contributed by atoms with E-state index in [2.05, 4.69) is 10.1 Å². The van der Waals surface area contributed by atoms with Gasteiger partial charge in [-0.3, -0.25) is 0 Å². The fourth-order valence-electron chi connectivity index (χ4n) is 2.03. The summed E-state index contributed by atoms with van der Waals surface area (Å²) in [5.41, 5.74) is -0.515. The molecule has 1 N–H and O–H groups in total. The van der Waals surface area contributed by atoms with Crippen LogP contribution in [0.3, 0.4) is 0 Å². The minimum absolute atomic E-state index is 0.181. The molecule has 2 atom stereocenters. The lowest BCUT2D eigenvalue weighted by Gasteiger charge is -2.32. The minimum atomic E-state index is -0.522. The van der Waals surface area contributed by atoms with E-state index < -0.39 is 11.7 Å². The van der Waals surface area contributed by atoms with E-state index in [1.54, 1.807) is 14.0 Å². The summed E-state index contributed by atoms with van der Waals surface area (Å²) in [6, 6.07) is 0. The van der Waals surface area contributed by atoms with Gasteiger partial charge < -0.3 is 19.1 Å². The summed E-state index contributed by atoms with van der Waals surface area (Å²) in [6.07, 6.45) is 0.906. The summed E-state index contributed by atoms with van der Waals surface area (Å²) in [5, 5.41) is 13.5. The molecule has 1 fully saturated rings. The quantitative estimate of drug-likeness (QED) is 0.872. The van der Waals surface area contributed by atoms with E-state index in [9.17, 15) is 5.11 Å². The molecule has 0 radical (unpaired) electrons. The fourth-order valence-corrected chi connectivity index (χ4v) is 2.03. The zero-order chi connectivity index (χ0) is 13.2. The van der Waals surface area contributed by atoms with E-state index in [0.717, 1.165) is 0 Å². The normalized spacial score (nSPS) is 22.7. The zero-order valence-corrected chi connectivity index (χ0v) is 11.0. The molecule has 6 nitrogen and oxygen atoms in total. The molecule has 1 aliphatic rings. The maximum Gasteiger partial charge on any atom is 0.232 e. The molecule has 0 aliphatic carbocycles. The summed E-state index contributed by atoms with van der Waals surface area (Å²) in [7, 11) is 1.65. The number of hydrogen-bond acceptors (Lipinski definition) is 6. The number of rotatable bonds is 4. The minimum Gasteiger partial charge on any atom is -0.393 e. The number of methoxy groups -OCH3 is 1. The molecule has 1 saturated heterocycles. The van der Waals surface area contributed by atoms with Gasteiger partial charge in [-0.15, -0.1) is 0 Å². The van der Waals surface area contributed by atoms with Crippen LogP contribution in [0.25, 0.3) is 0 Å². The van der Waals surface area contributed by atoms with Gasteiger partial charge in [-0.05, 0) is 6.92 Å². The van der Waals surface area contributed by atoms with Crippen LogP contribution in [0.2, 0.25) is 0 Å². The van der Waals surface area contributed by atoms with Gasteiger partial charge in [0.05, 0.1) is 12.0 Å². The second-order valence-electron chi connectivity index (χ2n) is 4.80. The lowest BCUT2D eigenvalue weighted by molar-refractivity contribution is -0.101. The molecule has 1 aromatic rings. The maximum atomic E-state index is 9.54. The topological polar surface area (TPSA) is 77.6 Å². The van der Waals surface area contributed by atoms with E-state index in [0.29, 0.717) is 37.8 Å². The maximum absolute atomic E-state index is 9.54. The number of aliphatic hydroxyl groups is 1. The molecule has 0 bridgehead atoms. The Balaban J connectivity index is 2.22. The fraction of sp³-hybridized carbons (Fsp3) is 0.833. The Morgan fingerprint density at radius 2 is 2.00 bits per heavy atom. The van der Waals surface area contributed by atoms with Gasteiger partial charge in [0.1, 0.15) is 5.60 Å². The zero-order valence-electron chi connectivity index (χ0n) is 11.0. The molecule has 0 saturated carbocycles. The third kappa shape index (κ3) is 2.41. The smallest absolute Gasteiger partial charge is 0.232 e. The first-order valence-electron chi connectivity index (χ1n) is 6.24. The third-order valence-corrected chi connectivity index (χ3v) is 3.65. The summed E-state index contributed by atoms with van der Waals surface area (Å²) < 4.78 is 16.2. The van der Waals surface area contributed by atoms with E-state index in [1.165, 1.54) is 0 Å². The van der Waals surface area contributed by atoms with Crippen molar-refractivity contribution in [3.05, 3.63) is 11.7 Å². The van der Waals surface area contributed by atoms with Crippen LogP contribution >= 0.6 is 0 Å². The van der Waals surface area contributed by atoms with Crippen LogP contribution in [0.4, 0.5) is 0 Å². The molecule has 18 heavy (non-hydrogen) atoms. The molecule has 0 aromatic carbocycles. The van der Waals surface area contributed by atoms with Gasteiger partial charge in [-0.2, -0.15) is 4.98 Å². The van der Waals surface area contributed by atoms with E-state index >= 15 is 0 Å². The molecular weight excluding hydrogens is 236 g/mol. The van der Waals surface area contributed by atoms with Crippen LogP contribution in [0.15, 0.2) is 4.52 Å². The Morgan fingerprint density at radius 1 is 1.33 bits per heavy atom. The molecule has 2 rings (SSSR count). The summed E-state index contributed by atoms with van der Waals surface area (Å²) >= 11 is 0. The first-order chi connectivity index (χ1) is 8.59. The summed E-state index contributed by atoms with van der Waals surface area (Å²) in [5.74, 6) is 0.818. The average Bonchev–Trinajstić information content (AvgIpc) is 2.88. The Labute approximate surface area is 106 Å². The van der Waals surface area contributed by atoms with Gasteiger partial charge >= 0.3 is 0 Å². The molecule has 2 heterocycles. The highest BCUT2D eigenvalue weighted by molar-refractivity contribution is 5.05. The van der Waals surface area contributed by atoms with E-state index in [4.69, 9.17) is 14.0 Å². The Hall–Kier alpha value is -0.980. The van der Waals surface area contributed by atoms with Gasteiger partial charge in [-0.25, -0.2) is 0 Å². The van der Waals surface area contributed by atoms with Crippen LogP contribution in [-0.2, 0) is 15.1 Å². The van der Waals surface area contributed by atoms with E-state index in [-0.39, 0.29) is 5.92 Å². The predicted molar refractivity (Wildman–Crippen MR) is 63.1 cm³/mol. The Bertz CT molecular complexity index is 385. The largest absolute Gasteiger partial charge is 0.393 e. The highest BCUT2D eigenvalue weighted by Gasteiger charge is 2.39. The van der Waals surface area contributed by atoms with Crippen LogP contribution in [0.5, 0.6) is 0 Å². The second-order valence-corrected chi connectivity index (χ2v) is 4.80. The van der Waals surface area contributed by atoms with Crippen molar-refractivity contribution in [1.29, 1.82) is 0 Å². The predicted octanol–water partition coefficient (Wildman–Crippen LogP) is 1.21. The van der Waals surface area contributed by atoms with Crippen molar-refractivity contribution in [3.63, 3.8) is 0 Å². The SMILES string of the molecule is COC1(c2noc(C(C)C(C)O)n2)CCOCC1. The number of aromatic nitrogens is 2. The average molecular weight is 256 g/mol. The van der Waals surface area contributed by atoms with Crippen molar-refractivity contribution in [2.45, 2.75) is 44.3 Å². The first kappa shape index (κ1) is 13.5. The van der Waals surface area contributed by atoms with Gasteiger partial charge in [-0.1, -0.05) is 12.1 Å². The number of aliphatic hydroxyl groups excluding tert-OH is 1. The Kier molecular flexibility index (Phi) is 3.99.